The van der Waals surface area contributed by atoms with Crippen molar-refractivity contribution >= 4 is 70.2 Å². The van der Waals surface area contributed by atoms with E-state index < -0.39 is 92.9 Å². The number of allylic oxidation sites excluding steroid dienone is 2. The molecule has 3 N–H and O–H groups in total. The number of methoxy groups -OCH3 is 1. The Morgan fingerprint density at radius 3 is 2.36 bits per heavy atom. The van der Waals surface area contributed by atoms with Gasteiger partial charge in [0.25, 0.3) is 11.8 Å². The third kappa shape index (κ3) is 6.16. The minimum absolute atomic E-state index is 0.0299. The van der Waals surface area contributed by atoms with E-state index in [2.05, 4.69) is 10.4 Å². The SMILES string of the molecule is COc1cc(C2C3=CCC4C(=O)N(CCCC(=O)O)C(=O)C4C3CC3C(=O)N(Nc4ncc(C(F)(F)F)cc4Cl)C(=O)C32c2ccc(Cl)cc2)cc(Cl)c1O. The van der Waals surface area contributed by atoms with Gasteiger partial charge in [0.1, 0.15) is 0 Å². The molecule has 3 fully saturated rings. The first-order valence-corrected chi connectivity index (χ1v) is 18.1. The number of phenolic OH excluding ortho intramolecular Hbond substituents is 1. The minimum atomic E-state index is -4.78. The van der Waals surface area contributed by atoms with E-state index in [1.165, 1.54) is 31.4 Å². The molecule has 7 rings (SSSR count). The number of imide groups is 2. The number of aromatic nitrogens is 1. The number of carbonyl (C=O) groups is 5. The number of benzene rings is 2. The lowest BCUT2D eigenvalue weighted by atomic mass is 9.49. The van der Waals surface area contributed by atoms with Gasteiger partial charge in [-0.25, -0.2) is 4.98 Å². The van der Waals surface area contributed by atoms with Gasteiger partial charge in [-0.3, -0.25) is 34.3 Å². The van der Waals surface area contributed by atoms with E-state index in [1.807, 2.05) is 0 Å². The van der Waals surface area contributed by atoms with E-state index in [9.17, 15) is 37.5 Å². The Balaban J connectivity index is 1.42. The van der Waals surface area contributed by atoms with Crippen molar-refractivity contribution in [1.82, 2.24) is 14.9 Å². The van der Waals surface area contributed by atoms with Crippen LogP contribution in [0.2, 0.25) is 15.1 Å². The molecule has 1 saturated carbocycles. The number of halogens is 6. The number of ether oxygens (including phenoxy) is 1. The number of anilines is 1. The number of alkyl halides is 3. The maximum atomic E-state index is 15.3. The summed E-state index contributed by atoms with van der Waals surface area (Å²) in [5.74, 6) is -9.67. The molecule has 1 aromatic heterocycles. The number of rotatable bonds is 9. The third-order valence-corrected chi connectivity index (χ3v) is 11.9. The lowest BCUT2D eigenvalue weighted by Gasteiger charge is -2.50. The molecular formula is C37H30Cl3F3N4O8. The summed E-state index contributed by atoms with van der Waals surface area (Å²) in [7, 11) is 1.29. The first-order valence-electron chi connectivity index (χ1n) is 17.0. The molecule has 3 heterocycles. The van der Waals surface area contributed by atoms with E-state index in [4.69, 9.17) is 44.6 Å². The second-order valence-electron chi connectivity index (χ2n) is 13.8. The highest BCUT2D eigenvalue weighted by molar-refractivity contribution is 6.33. The predicted octanol–water partition coefficient (Wildman–Crippen LogP) is 6.62. The Labute approximate surface area is 325 Å². The molecule has 18 heteroatoms. The second-order valence-corrected chi connectivity index (χ2v) is 15.0. The highest BCUT2D eigenvalue weighted by Gasteiger charge is 2.70. The summed E-state index contributed by atoms with van der Waals surface area (Å²) in [5.41, 5.74) is 0.693. The van der Waals surface area contributed by atoms with Gasteiger partial charge in [-0.15, -0.1) is 0 Å². The molecule has 4 aliphatic rings. The molecule has 3 aromatic rings. The van der Waals surface area contributed by atoms with Crippen LogP contribution in [-0.2, 0) is 35.6 Å². The number of nitrogens with one attached hydrogen (secondary N) is 1. The third-order valence-electron chi connectivity index (χ3n) is 11.0. The van der Waals surface area contributed by atoms with Crippen molar-refractivity contribution in [3.05, 3.63) is 92.1 Å². The van der Waals surface area contributed by atoms with E-state index in [0.29, 0.717) is 39.0 Å². The number of aromatic hydroxyl groups is 1. The van der Waals surface area contributed by atoms with Gasteiger partial charge in [0.2, 0.25) is 11.8 Å². The fraction of sp³-hybridized carbons (Fsp3) is 0.351. The van der Waals surface area contributed by atoms with Gasteiger partial charge >= 0.3 is 12.1 Å². The van der Waals surface area contributed by atoms with Crippen LogP contribution >= 0.6 is 34.8 Å². The predicted molar refractivity (Wildman–Crippen MR) is 190 cm³/mol. The van der Waals surface area contributed by atoms with Gasteiger partial charge in [0.15, 0.2) is 17.3 Å². The van der Waals surface area contributed by atoms with Gasteiger partial charge in [-0.1, -0.05) is 58.6 Å². The Morgan fingerprint density at radius 2 is 1.73 bits per heavy atom. The molecule has 4 amide bonds. The van der Waals surface area contributed by atoms with Gasteiger partial charge in [0, 0.05) is 30.1 Å². The number of carboxylic acids is 1. The molecule has 6 atom stereocenters. The topological polar surface area (TPSA) is 166 Å². The van der Waals surface area contributed by atoms with Gasteiger partial charge < -0.3 is 14.9 Å². The molecule has 55 heavy (non-hydrogen) atoms. The number of fused-ring (bicyclic) bond motifs is 4. The first-order chi connectivity index (χ1) is 26.0. The number of amides is 4. The van der Waals surface area contributed by atoms with Gasteiger partial charge in [-0.05, 0) is 66.6 Å². The summed E-state index contributed by atoms with van der Waals surface area (Å²) in [6.07, 6.45) is -2.81. The number of pyridine rings is 1. The van der Waals surface area contributed by atoms with Crippen molar-refractivity contribution in [1.29, 1.82) is 0 Å². The highest BCUT2D eigenvalue weighted by Crippen LogP contribution is 2.64. The van der Waals surface area contributed by atoms with Crippen LogP contribution in [0.5, 0.6) is 11.5 Å². The van der Waals surface area contributed by atoms with E-state index >= 15 is 4.79 Å². The molecule has 2 saturated heterocycles. The van der Waals surface area contributed by atoms with Crippen molar-refractivity contribution in [3.63, 3.8) is 0 Å². The number of hydrogen-bond acceptors (Lipinski definition) is 9. The molecule has 12 nitrogen and oxygen atoms in total. The van der Waals surface area contributed by atoms with E-state index in [1.54, 1.807) is 18.2 Å². The summed E-state index contributed by atoms with van der Waals surface area (Å²) >= 11 is 19.1. The van der Waals surface area contributed by atoms with E-state index in [-0.39, 0.29) is 43.0 Å². The lowest BCUT2D eigenvalue weighted by molar-refractivity contribution is -0.142. The molecule has 0 bridgehead atoms. The van der Waals surface area contributed by atoms with Crippen molar-refractivity contribution < 1.29 is 52.1 Å². The van der Waals surface area contributed by atoms with Crippen molar-refractivity contribution in [2.24, 2.45) is 23.7 Å². The maximum absolute atomic E-state index is 15.3. The van der Waals surface area contributed by atoms with Crippen molar-refractivity contribution in [3.8, 4) is 11.5 Å². The molecule has 288 valence electrons. The van der Waals surface area contributed by atoms with Crippen LogP contribution < -0.4 is 10.2 Å². The van der Waals surface area contributed by atoms with Crippen molar-refractivity contribution in [2.75, 3.05) is 19.1 Å². The van der Waals surface area contributed by atoms with Crippen molar-refractivity contribution in [2.45, 2.75) is 43.2 Å². The first kappa shape index (κ1) is 38.4. The quantitative estimate of drug-likeness (QED) is 0.158. The van der Waals surface area contributed by atoms with Crippen LogP contribution in [0.25, 0.3) is 0 Å². The standard InChI is InChI=1S/C37H30Cl3F3N4O8/c1-55-26-12-16(11-24(39)30(26)50)29-20-8-9-21-28(34(53)46(32(21)51)10-2-3-27(48)49)22(20)14-23-33(52)47(35(54)36(23,29)17-4-6-19(38)7-5-17)45-31-25(40)13-18(15-44-31)37(41,42)43/h4-8,11-13,15,21-23,28-29,50H,2-3,9-10,14H2,1H3,(H,44,45)(H,48,49). The maximum Gasteiger partial charge on any atom is 0.417 e. The highest BCUT2D eigenvalue weighted by atomic mass is 35.5. The molecule has 0 radical (unpaired) electrons. The number of phenols is 1. The van der Waals surface area contributed by atoms with Crippen LogP contribution in [0, 0.1) is 23.7 Å². The fourth-order valence-electron chi connectivity index (χ4n) is 8.75. The van der Waals surface area contributed by atoms with Crippen LogP contribution in [0.4, 0.5) is 19.0 Å². The number of aliphatic carboxylic acids is 1. The van der Waals surface area contributed by atoms with E-state index in [0.717, 1.165) is 4.90 Å². The molecule has 2 aliphatic heterocycles. The fourth-order valence-corrected chi connectivity index (χ4v) is 9.30. The molecule has 2 aliphatic carbocycles. The summed E-state index contributed by atoms with van der Waals surface area (Å²) in [5, 5.41) is 20.2. The molecule has 6 unspecified atom stereocenters. The molecule has 2 aromatic carbocycles. The average Bonchev–Trinajstić information content (AvgIpc) is 3.50. The van der Waals surface area contributed by atoms with Crippen LogP contribution in [0.15, 0.2) is 60.3 Å². The normalized spacial score (nSPS) is 26.1. The second kappa shape index (κ2) is 14.0. The zero-order valence-corrected chi connectivity index (χ0v) is 30.8. The number of hydrogen-bond donors (Lipinski definition) is 3. The molecule has 0 spiro atoms. The Hall–Kier alpha value is -4.86. The number of likely N-dealkylation sites (tertiary alicyclic amines) is 1. The number of carboxylic acid groups (broad SMARTS) is 1. The van der Waals surface area contributed by atoms with Crippen LogP contribution in [0.3, 0.4) is 0 Å². The summed E-state index contributed by atoms with van der Waals surface area (Å²) in [6, 6.07) is 9.66. The Morgan fingerprint density at radius 1 is 1.02 bits per heavy atom. The van der Waals surface area contributed by atoms with Gasteiger partial charge in [0.05, 0.1) is 45.9 Å². The number of nitrogens with zero attached hydrogens (tertiary/aromatic N) is 3. The zero-order chi connectivity index (χ0) is 39.7. The zero-order valence-electron chi connectivity index (χ0n) is 28.6. The summed E-state index contributed by atoms with van der Waals surface area (Å²) in [6.45, 7) is -0.124. The van der Waals surface area contributed by atoms with Crippen LogP contribution in [0.1, 0.15) is 48.3 Å². The summed E-state index contributed by atoms with van der Waals surface area (Å²) < 4.78 is 45.8. The van der Waals surface area contributed by atoms with Crippen LogP contribution in [-0.4, -0.2) is 68.4 Å². The van der Waals surface area contributed by atoms with Gasteiger partial charge in [-0.2, -0.15) is 18.2 Å². The number of carbonyl (C=O) groups excluding carboxylic acids is 4. The number of hydrazine groups is 1. The monoisotopic (exact) mass is 820 g/mol. The lowest BCUT2D eigenvalue weighted by Crippen LogP contribution is -2.53. The molecular weight excluding hydrogens is 792 g/mol. The Bertz CT molecular complexity index is 2190. The average molecular weight is 822 g/mol. The summed E-state index contributed by atoms with van der Waals surface area (Å²) in [4.78, 5) is 73.9. The smallest absolute Gasteiger partial charge is 0.417 e. The minimum Gasteiger partial charge on any atom is -0.503 e. The largest absolute Gasteiger partial charge is 0.503 e. The Kier molecular flexibility index (Phi) is 9.79.